The molecule has 0 saturated heterocycles. The molecule has 2 amide bonds. The van der Waals surface area contributed by atoms with E-state index in [1.807, 2.05) is 30.3 Å². The second-order valence-electron chi connectivity index (χ2n) is 4.00. The number of carboxylic acid groups (broad SMARTS) is 1. The number of ether oxygens (including phenoxy) is 1. The fourth-order valence-corrected chi connectivity index (χ4v) is 1.38. The Morgan fingerprint density at radius 3 is 2.63 bits per heavy atom. The zero-order chi connectivity index (χ0) is 14.1. The number of carbonyl (C=O) groups excluding carboxylic acids is 1. The molecule has 0 aromatic heterocycles. The Labute approximate surface area is 112 Å². The molecule has 1 rings (SSSR count). The maximum Gasteiger partial charge on any atom is 0.323 e. The van der Waals surface area contributed by atoms with Gasteiger partial charge in [-0.2, -0.15) is 0 Å². The van der Waals surface area contributed by atoms with Crippen molar-refractivity contribution in [3.63, 3.8) is 0 Å². The van der Waals surface area contributed by atoms with Gasteiger partial charge in [-0.15, -0.1) is 0 Å². The van der Waals surface area contributed by atoms with Crippen LogP contribution in [0.2, 0.25) is 0 Å². The maximum atomic E-state index is 11.4. The summed E-state index contributed by atoms with van der Waals surface area (Å²) in [4.78, 5) is 22.9. The van der Waals surface area contributed by atoms with Crippen LogP contribution in [-0.2, 0) is 4.79 Å². The molecular formula is C13H18N2O4. The van der Waals surface area contributed by atoms with Crippen molar-refractivity contribution in [2.45, 2.75) is 6.42 Å². The summed E-state index contributed by atoms with van der Waals surface area (Å²) < 4.78 is 5.45. The molecule has 0 atom stereocenters. The summed E-state index contributed by atoms with van der Waals surface area (Å²) in [5.74, 6) is -0.248. The first-order chi connectivity index (χ1) is 9.09. The van der Waals surface area contributed by atoms with Gasteiger partial charge in [0.2, 0.25) is 0 Å². The third kappa shape index (κ3) is 6.30. The van der Waals surface area contributed by atoms with E-state index in [0.717, 1.165) is 10.6 Å². The molecule has 1 aromatic rings. The largest absolute Gasteiger partial charge is 0.494 e. The number of aliphatic carboxylic acids is 1. The van der Waals surface area contributed by atoms with Gasteiger partial charge in [0.15, 0.2) is 0 Å². The summed E-state index contributed by atoms with van der Waals surface area (Å²) in [7, 11) is 1.43. The van der Waals surface area contributed by atoms with E-state index >= 15 is 0 Å². The third-order valence-corrected chi connectivity index (χ3v) is 2.33. The van der Waals surface area contributed by atoms with Gasteiger partial charge < -0.3 is 20.1 Å². The van der Waals surface area contributed by atoms with Crippen molar-refractivity contribution in [3.05, 3.63) is 30.3 Å². The maximum absolute atomic E-state index is 11.4. The van der Waals surface area contributed by atoms with Gasteiger partial charge in [-0.25, -0.2) is 4.79 Å². The molecular weight excluding hydrogens is 248 g/mol. The van der Waals surface area contributed by atoms with Gasteiger partial charge in [0.25, 0.3) is 0 Å². The Balaban J connectivity index is 2.10. The van der Waals surface area contributed by atoms with E-state index in [4.69, 9.17) is 9.84 Å². The summed E-state index contributed by atoms with van der Waals surface area (Å²) >= 11 is 0. The molecule has 1 aromatic carbocycles. The molecule has 0 radical (unpaired) electrons. The molecule has 0 heterocycles. The second-order valence-corrected chi connectivity index (χ2v) is 4.00. The van der Waals surface area contributed by atoms with Gasteiger partial charge in [0, 0.05) is 13.6 Å². The predicted octanol–water partition coefficient (Wildman–Crippen LogP) is 1.18. The lowest BCUT2D eigenvalue weighted by Crippen LogP contribution is -2.40. The van der Waals surface area contributed by atoms with Gasteiger partial charge in [-0.3, -0.25) is 4.79 Å². The number of carboxylic acids is 1. The second kappa shape index (κ2) is 7.97. The highest BCUT2D eigenvalue weighted by Gasteiger charge is 2.10. The molecule has 0 unspecified atom stereocenters. The van der Waals surface area contributed by atoms with Crippen LogP contribution in [0.5, 0.6) is 5.75 Å². The van der Waals surface area contributed by atoms with Crippen molar-refractivity contribution >= 4 is 12.0 Å². The lowest BCUT2D eigenvalue weighted by Gasteiger charge is -2.15. The van der Waals surface area contributed by atoms with Gasteiger partial charge in [0.1, 0.15) is 12.3 Å². The van der Waals surface area contributed by atoms with Crippen molar-refractivity contribution in [3.8, 4) is 5.75 Å². The highest BCUT2D eigenvalue weighted by Crippen LogP contribution is 2.07. The minimum atomic E-state index is -1.04. The van der Waals surface area contributed by atoms with Crippen LogP contribution < -0.4 is 10.1 Å². The van der Waals surface area contributed by atoms with Crippen molar-refractivity contribution in [2.24, 2.45) is 0 Å². The molecule has 0 aliphatic heterocycles. The number of benzene rings is 1. The average molecular weight is 266 g/mol. The molecule has 0 saturated carbocycles. The van der Waals surface area contributed by atoms with Gasteiger partial charge >= 0.3 is 12.0 Å². The molecule has 0 spiro atoms. The van der Waals surface area contributed by atoms with Crippen LogP contribution in [-0.4, -0.2) is 48.8 Å². The Morgan fingerprint density at radius 2 is 2.00 bits per heavy atom. The van der Waals surface area contributed by atoms with Crippen LogP contribution in [0.1, 0.15) is 6.42 Å². The molecule has 0 aliphatic rings. The van der Waals surface area contributed by atoms with E-state index in [2.05, 4.69) is 5.32 Å². The van der Waals surface area contributed by atoms with E-state index in [9.17, 15) is 9.59 Å². The predicted molar refractivity (Wildman–Crippen MR) is 70.2 cm³/mol. The minimum Gasteiger partial charge on any atom is -0.494 e. The van der Waals surface area contributed by atoms with E-state index in [0.29, 0.717) is 19.6 Å². The van der Waals surface area contributed by atoms with Crippen molar-refractivity contribution in [1.29, 1.82) is 0 Å². The lowest BCUT2D eigenvalue weighted by atomic mass is 10.3. The van der Waals surface area contributed by atoms with Gasteiger partial charge in [-0.1, -0.05) is 18.2 Å². The zero-order valence-electron chi connectivity index (χ0n) is 10.8. The molecule has 19 heavy (non-hydrogen) atoms. The number of hydrogen-bond acceptors (Lipinski definition) is 3. The molecule has 6 heteroatoms. The number of likely N-dealkylation sites (N-methyl/N-ethyl adjacent to an activating group) is 1. The number of amides is 2. The van der Waals surface area contributed by atoms with Gasteiger partial charge in [-0.05, 0) is 18.6 Å². The Bertz CT molecular complexity index is 408. The standard InChI is InChI=1S/C13H18N2O4/c1-15(10-12(16)17)13(18)14-8-5-9-19-11-6-3-2-4-7-11/h2-4,6-7H,5,8-10H2,1H3,(H,14,18)(H,16,17). The number of nitrogens with one attached hydrogen (secondary N) is 1. The van der Waals surface area contributed by atoms with E-state index in [1.54, 1.807) is 0 Å². The van der Waals surface area contributed by atoms with E-state index in [-0.39, 0.29) is 6.54 Å². The summed E-state index contributed by atoms with van der Waals surface area (Å²) in [6.07, 6.45) is 0.654. The molecule has 2 N–H and O–H groups in total. The number of nitrogens with zero attached hydrogens (tertiary/aromatic N) is 1. The van der Waals surface area contributed by atoms with Crippen LogP contribution in [0.25, 0.3) is 0 Å². The highest BCUT2D eigenvalue weighted by atomic mass is 16.5. The first kappa shape index (κ1) is 14.8. The number of carbonyl (C=O) groups is 2. The quantitative estimate of drug-likeness (QED) is 0.726. The average Bonchev–Trinajstić information content (AvgIpc) is 2.38. The molecule has 6 nitrogen and oxygen atoms in total. The molecule has 0 bridgehead atoms. The summed E-state index contributed by atoms with van der Waals surface area (Å²) in [5, 5.41) is 11.1. The van der Waals surface area contributed by atoms with Crippen LogP contribution in [0.4, 0.5) is 4.79 Å². The van der Waals surface area contributed by atoms with Crippen LogP contribution in [0, 0.1) is 0 Å². The van der Waals surface area contributed by atoms with E-state index < -0.39 is 12.0 Å². The zero-order valence-corrected chi connectivity index (χ0v) is 10.8. The fraction of sp³-hybridized carbons (Fsp3) is 0.385. The molecule has 0 aliphatic carbocycles. The smallest absolute Gasteiger partial charge is 0.323 e. The Morgan fingerprint density at radius 1 is 1.32 bits per heavy atom. The molecule has 0 fully saturated rings. The topological polar surface area (TPSA) is 78.9 Å². The minimum absolute atomic E-state index is 0.313. The van der Waals surface area contributed by atoms with Gasteiger partial charge in [0.05, 0.1) is 6.61 Å². The summed E-state index contributed by atoms with van der Waals surface area (Å²) in [5.41, 5.74) is 0. The lowest BCUT2D eigenvalue weighted by molar-refractivity contribution is -0.137. The first-order valence-electron chi connectivity index (χ1n) is 5.98. The number of urea groups is 1. The number of hydrogen-bond donors (Lipinski definition) is 2. The highest BCUT2D eigenvalue weighted by molar-refractivity contribution is 5.79. The van der Waals surface area contributed by atoms with E-state index in [1.165, 1.54) is 7.05 Å². The SMILES string of the molecule is CN(CC(=O)O)C(=O)NCCCOc1ccccc1. The van der Waals surface area contributed by atoms with Crippen molar-refractivity contribution < 1.29 is 19.4 Å². The van der Waals surface area contributed by atoms with Crippen LogP contribution in [0.3, 0.4) is 0 Å². The first-order valence-corrected chi connectivity index (χ1v) is 5.98. The summed E-state index contributed by atoms with van der Waals surface area (Å²) in [6, 6.07) is 9.00. The number of para-hydroxylation sites is 1. The normalized spacial score (nSPS) is 9.74. The van der Waals surface area contributed by atoms with Crippen molar-refractivity contribution in [1.82, 2.24) is 10.2 Å². The Kier molecular flexibility index (Phi) is 6.21. The number of rotatable bonds is 7. The third-order valence-electron chi connectivity index (χ3n) is 2.33. The van der Waals surface area contributed by atoms with Crippen LogP contribution in [0.15, 0.2) is 30.3 Å². The monoisotopic (exact) mass is 266 g/mol. The van der Waals surface area contributed by atoms with Crippen LogP contribution >= 0.6 is 0 Å². The fourth-order valence-electron chi connectivity index (χ4n) is 1.38. The summed E-state index contributed by atoms with van der Waals surface area (Å²) in [6.45, 7) is 0.620. The van der Waals surface area contributed by atoms with Crippen molar-refractivity contribution in [2.75, 3.05) is 26.7 Å². The Hall–Kier alpha value is -2.24. The molecule has 104 valence electrons.